The minimum atomic E-state index is 0.0548. The fourth-order valence-corrected chi connectivity index (χ4v) is 3.29. The summed E-state index contributed by atoms with van der Waals surface area (Å²) in [5.74, 6) is 0.623. The van der Waals surface area contributed by atoms with Crippen LogP contribution in [0.4, 0.5) is 0 Å². The van der Waals surface area contributed by atoms with Gasteiger partial charge in [0, 0.05) is 24.7 Å². The summed E-state index contributed by atoms with van der Waals surface area (Å²) >= 11 is 1.57. The second kappa shape index (κ2) is 10.1. The molecule has 2 aromatic rings. The van der Waals surface area contributed by atoms with Crippen LogP contribution < -0.4 is 4.74 Å². The summed E-state index contributed by atoms with van der Waals surface area (Å²) in [5.41, 5.74) is 2.52. The van der Waals surface area contributed by atoms with Crippen LogP contribution in [0.5, 0.6) is 5.75 Å². The van der Waals surface area contributed by atoms with Crippen LogP contribution in [0.2, 0.25) is 0 Å². The van der Waals surface area contributed by atoms with Crippen LogP contribution in [0.3, 0.4) is 0 Å². The van der Waals surface area contributed by atoms with Gasteiger partial charge in [-0.3, -0.25) is 0 Å². The van der Waals surface area contributed by atoms with E-state index in [0.29, 0.717) is 11.3 Å². The topological polar surface area (TPSA) is 60.0 Å². The maximum Gasteiger partial charge on any atom is 0.137 e. The van der Waals surface area contributed by atoms with Crippen molar-refractivity contribution in [2.24, 2.45) is 0 Å². The van der Waals surface area contributed by atoms with Gasteiger partial charge in [0.1, 0.15) is 23.5 Å². The highest BCUT2D eigenvalue weighted by atomic mass is 32.2. The van der Waals surface area contributed by atoms with Gasteiger partial charge in [-0.25, -0.2) is 0 Å². The van der Waals surface area contributed by atoms with Gasteiger partial charge in [0.2, 0.25) is 0 Å². The summed E-state index contributed by atoms with van der Waals surface area (Å²) in [4.78, 5) is 2.10. The Balaban J connectivity index is 2.50. The third kappa shape index (κ3) is 5.17. The molecule has 5 heteroatoms. The number of methoxy groups -OCH3 is 1. The van der Waals surface area contributed by atoms with E-state index in [9.17, 15) is 10.5 Å². The molecule has 0 radical (unpaired) electrons. The van der Waals surface area contributed by atoms with Gasteiger partial charge in [-0.15, -0.1) is 11.8 Å². The second-order valence-electron chi connectivity index (χ2n) is 5.74. The lowest BCUT2D eigenvalue weighted by atomic mass is 10.00. The zero-order valence-electron chi connectivity index (χ0n) is 15.6. The molecule has 27 heavy (non-hydrogen) atoms. The molecule has 0 aliphatic rings. The lowest BCUT2D eigenvalue weighted by Crippen LogP contribution is -2.15. The van der Waals surface area contributed by atoms with Crippen LogP contribution in [-0.2, 0) is 6.54 Å². The number of allylic oxidation sites excluding steroid dienone is 3. The van der Waals surface area contributed by atoms with Crippen molar-refractivity contribution in [3.05, 3.63) is 82.4 Å². The summed E-state index contributed by atoms with van der Waals surface area (Å²) in [6.07, 6.45) is 3.86. The van der Waals surface area contributed by atoms with Crippen LogP contribution in [-0.4, -0.2) is 25.3 Å². The maximum absolute atomic E-state index is 9.46. The first-order valence-corrected chi connectivity index (χ1v) is 9.55. The zero-order valence-corrected chi connectivity index (χ0v) is 16.5. The molecule has 0 aliphatic heterocycles. The number of nitrogens with zero attached hydrogens (tertiary/aromatic N) is 3. The first-order valence-electron chi connectivity index (χ1n) is 8.33. The highest BCUT2D eigenvalue weighted by molar-refractivity contribution is 8.02. The monoisotopic (exact) mass is 375 g/mol. The van der Waals surface area contributed by atoms with Gasteiger partial charge in [0.25, 0.3) is 0 Å². The van der Waals surface area contributed by atoms with E-state index in [1.807, 2.05) is 74.0 Å². The molecule has 0 amide bonds. The Kier molecular flexibility index (Phi) is 7.55. The minimum absolute atomic E-state index is 0.0548. The number of para-hydroxylation sites is 1. The molecule has 0 heterocycles. The maximum atomic E-state index is 9.46. The normalized spacial score (nSPS) is 10.5. The van der Waals surface area contributed by atoms with Gasteiger partial charge in [-0.1, -0.05) is 48.5 Å². The van der Waals surface area contributed by atoms with Crippen molar-refractivity contribution in [2.75, 3.05) is 20.4 Å². The number of nitriles is 2. The molecule has 0 fully saturated rings. The summed E-state index contributed by atoms with van der Waals surface area (Å²) in [6.45, 7) is 0.723. The van der Waals surface area contributed by atoms with Gasteiger partial charge in [-0.2, -0.15) is 10.5 Å². The van der Waals surface area contributed by atoms with Crippen molar-refractivity contribution >= 4 is 17.3 Å². The molecule has 0 bridgehead atoms. The molecule has 0 atom stereocenters. The Morgan fingerprint density at radius 1 is 1.07 bits per heavy atom. The first kappa shape index (κ1) is 20.2. The molecule has 2 aromatic carbocycles. The molecule has 0 unspecified atom stereocenters. The first-order chi connectivity index (χ1) is 13.1. The highest BCUT2D eigenvalue weighted by Gasteiger charge is 2.14. The largest absolute Gasteiger partial charge is 0.496 e. The third-order valence-corrected chi connectivity index (χ3v) is 4.85. The van der Waals surface area contributed by atoms with Crippen molar-refractivity contribution in [1.29, 1.82) is 10.5 Å². The molecule has 0 saturated heterocycles. The fraction of sp³-hybridized carbons (Fsp3) is 0.182. The molecule has 0 spiro atoms. The van der Waals surface area contributed by atoms with Crippen LogP contribution in [0.1, 0.15) is 11.1 Å². The summed E-state index contributed by atoms with van der Waals surface area (Å²) < 4.78 is 5.43. The number of ether oxygens (including phenoxy) is 1. The van der Waals surface area contributed by atoms with Crippen molar-refractivity contribution < 1.29 is 4.74 Å². The Morgan fingerprint density at radius 2 is 1.70 bits per heavy atom. The quantitative estimate of drug-likeness (QED) is 0.512. The number of benzene rings is 2. The SMILES string of the molecule is COc1ccccc1C(/C=C(/SC)N(C)Cc1ccccc1)=C(C#N)C#N. The zero-order chi connectivity index (χ0) is 19.6. The molecule has 2 rings (SSSR count). The summed E-state index contributed by atoms with van der Waals surface area (Å²) in [5, 5.41) is 19.9. The van der Waals surface area contributed by atoms with E-state index in [1.165, 1.54) is 5.56 Å². The van der Waals surface area contributed by atoms with Crippen LogP contribution in [0.15, 0.2) is 71.3 Å². The summed E-state index contributed by atoms with van der Waals surface area (Å²) in [6, 6.07) is 21.6. The molecular weight excluding hydrogens is 354 g/mol. The van der Waals surface area contributed by atoms with Gasteiger partial charge >= 0.3 is 0 Å². The number of hydrogen-bond donors (Lipinski definition) is 0. The van der Waals surface area contributed by atoms with E-state index in [4.69, 9.17) is 4.74 Å². The fourth-order valence-electron chi connectivity index (χ4n) is 2.68. The van der Waals surface area contributed by atoms with Crippen LogP contribution in [0, 0.1) is 22.7 Å². The molecule has 4 nitrogen and oxygen atoms in total. The molecule has 0 N–H and O–H groups in total. The second-order valence-corrected chi connectivity index (χ2v) is 6.57. The number of thioether (sulfide) groups is 1. The van der Waals surface area contributed by atoms with Gasteiger partial charge in [0.05, 0.1) is 12.1 Å². The number of rotatable bonds is 7. The Bertz CT molecular complexity index is 905. The van der Waals surface area contributed by atoms with Gasteiger partial charge in [0.15, 0.2) is 0 Å². The van der Waals surface area contributed by atoms with Gasteiger partial charge < -0.3 is 9.64 Å². The lowest BCUT2D eigenvalue weighted by molar-refractivity contribution is 0.413. The van der Waals surface area contributed by atoms with Crippen molar-refractivity contribution in [3.63, 3.8) is 0 Å². The van der Waals surface area contributed by atoms with Crippen LogP contribution in [0.25, 0.3) is 5.57 Å². The molecule has 136 valence electrons. The van der Waals surface area contributed by atoms with E-state index in [-0.39, 0.29) is 5.57 Å². The Labute approximate surface area is 165 Å². The highest BCUT2D eigenvalue weighted by Crippen LogP contribution is 2.32. The van der Waals surface area contributed by atoms with E-state index in [2.05, 4.69) is 17.0 Å². The van der Waals surface area contributed by atoms with Crippen LogP contribution >= 0.6 is 11.8 Å². The molecule has 0 saturated carbocycles. The van der Waals surface area contributed by atoms with Crippen molar-refractivity contribution in [2.45, 2.75) is 6.54 Å². The predicted octanol–water partition coefficient (Wildman–Crippen LogP) is 4.83. The van der Waals surface area contributed by atoms with E-state index in [0.717, 1.165) is 17.1 Å². The van der Waals surface area contributed by atoms with E-state index >= 15 is 0 Å². The van der Waals surface area contributed by atoms with Crippen molar-refractivity contribution in [1.82, 2.24) is 4.90 Å². The lowest BCUT2D eigenvalue weighted by Gasteiger charge is -2.22. The van der Waals surface area contributed by atoms with Crippen molar-refractivity contribution in [3.8, 4) is 17.9 Å². The predicted molar refractivity (Wildman–Crippen MR) is 111 cm³/mol. The third-order valence-electron chi connectivity index (χ3n) is 4.01. The smallest absolute Gasteiger partial charge is 0.137 e. The van der Waals surface area contributed by atoms with E-state index < -0.39 is 0 Å². The summed E-state index contributed by atoms with van der Waals surface area (Å²) in [7, 11) is 3.57. The number of hydrogen-bond acceptors (Lipinski definition) is 5. The average molecular weight is 375 g/mol. The molecule has 0 aliphatic carbocycles. The average Bonchev–Trinajstić information content (AvgIpc) is 2.71. The molecular formula is C22H21N3OS. The minimum Gasteiger partial charge on any atom is -0.496 e. The Morgan fingerprint density at radius 3 is 2.30 bits per heavy atom. The van der Waals surface area contributed by atoms with Gasteiger partial charge in [-0.05, 0) is 24.0 Å². The Hall–Kier alpha value is -3.15. The molecule has 0 aromatic heterocycles. The standard InChI is InChI=1S/C22H21N3OS/c1-25(16-17-9-5-4-6-10-17)22(27-3)13-20(18(14-23)15-24)19-11-7-8-12-21(19)26-2/h4-13H,16H2,1-3H3/b22-13+. The van der Waals surface area contributed by atoms with E-state index in [1.54, 1.807) is 18.9 Å².